The first kappa shape index (κ1) is 11.0. The molecule has 3 rings (SSSR count). The number of hydrogen-bond donors (Lipinski definition) is 2. The maximum atomic E-state index is 5.88. The molecular formula is C14H12N2OS. The van der Waals surface area contributed by atoms with Gasteiger partial charge in [0, 0.05) is 17.7 Å². The number of nitrogens with two attached hydrogens (primary N) is 1. The van der Waals surface area contributed by atoms with Crippen molar-refractivity contribution in [3.05, 3.63) is 53.6 Å². The van der Waals surface area contributed by atoms with Crippen LogP contribution in [0.25, 0.3) is 0 Å². The number of fused-ring (bicyclic) bond motifs is 2. The average Bonchev–Trinajstić information content (AvgIpc) is 2.36. The predicted octanol–water partition coefficient (Wildman–Crippen LogP) is 3.04. The minimum atomic E-state index is 0.266. The Kier molecular flexibility index (Phi) is 2.64. The van der Waals surface area contributed by atoms with E-state index < -0.39 is 0 Å². The summed E-state index contributed by atoms with van der Waals surface area (Å²) in [5.41, 5.74) is 8.70. The number of thiocarbonyl (C=S) groups is 1. The first-order valence-corrected chi connectivity index (χ1v) is 6.09. The summed E-state index contributed by atoms with van der Waals surface area (Å²) in [5.74, 6) is 1.77. The molecule has 90 valence electrons. The van der Waals surface area contributed by atoms with Crippen LogP contribution in [0.4, 0.5) is 5.69 Å². The molecule has 0 unspecified atom stereocenters. The summed E-state index contributed by atoms with van der Waals surface area (Å²) in [7, 11) is 0. The van der Waals surface area contributed by atoms with Crippen LogP contribution in [0.5, 0.6) is 11.5 Å². The van der Waals surface area contributed by atoms with E-state index >= 15 is 0 Å². The van der Waals surface area contributed by atoms with Crippen molar-refractivity contribution in [2.45, 2.75) is 6.42 Å². The highest BCUT2D eigenvalue weighted by Gasteiger charge is 2.19. The van der Waals surface area contributed by atoms with Gasteiger partial charge in [0.25, 0.3) is 0 Å². The van der Waals surface area contributed by atoms with E-state index in [0.29, 0.717) is 0 Å². The molecule has 0 saturated carbocycles. The monoisotopic (exact) mass is 256 g/mol. The van der Waals surface area contributed by atoms with E-state index in [1.165, 1.54) is 5.56 Å². The second-order valence-electron chi connectivity index (χ2n) is 4.16. The number of para-hydroxylation sites is 1. The van der Waals surface area contributed by atoms with Gasteiger partial charge in [-0.3, -0.25) is 0 Å². The molecule has 1 aliphatic heterocycles. The Morgan fingerprint density at radius 1 is 1.11 bits per heavy atom. The highest BCUT2D eigenvalue weighted by molar-refractivity contribution is 7.80. The molecule has 0 aromatic heterocycles. The zero-order valence-electron chi connectivity index (χ0n) is 9.64. The topological polar surface area (TPSA) is 47.3 Å². The molecule has 1 aliphatic rings. The molecule has 1 heterocycles. The number of anilines is 1. The van der Waals surface area contributed by atoms with Crippen LogP contribution in [0.15, 0.2) is 42.5 Å². The van der Waals surface area contributed by atoms with Gasteiger partial charge in [-0.05, 0) is 36.0 Å². The smallest absolute Gasteiger partial charge is 0.168 e. The van der Waals surface area contributed by atoms with Crippen LogP contribution in [0, 0.1) is 0 Å². The molecule has 18 heavy (non-hydrogen) atoms. The van der Waals surface area contributed by atoms with Crippen LogP contribution in [-0.4, -0.2) is 5.11 Å². The van der Waals surface area contributed by atoms with E-state index in [1.807, 2.05) is 36.4 Å². The number of hydrogen-bond acceptors (Lipinski definition) is 2. The minimum absolute atomic E-state index is 0.266. The fourth-order valence-electron chi connectivity index (χ4n) is 2.15. The van der Waals surface area contributed by atoms with Crippen molar-refractivity contribution in [2.24, 2.45) is 5.73 Å². The largest absolute Gasteiger partial charge is 0.457 e. The third-order valence-electron chi connectivity index (χ3n) is 2.95. The normalized spacial score (nSPS) is 12.0. The molecule has 0 bridgehead atoms. The predicted molar refractivity (Wildman–Crippen MR) is 76.2 cm³/mol. The fraction of sp³-hybridized carbons (Fsp3) is 0.0714. The zero-order valence-corrected chi connectivity index (χ0v) is 10.5. The number of benzene rings is 2. The Bertz CT molecular complexity index is 625. The first-order valence-electron chi connectivity index (χ1n) is 5.68. The molecule has 0 saturated heterocycles. The number of nitrogens with one attached hydrogen (secondary N) is 1. The van der Waals surface area contributed by atoms with Crippen molar-refractivity contribution in [2.75, 3.05) is 5.32 Å². The van der Waals surface area contributed by atoms with Crippen molar-refractivity contribution >= 4 is 23.0 Å². The molecule has 3 nitrogen and oxygen atoms in total. The molecule has 0 amide bonds. The maximum absolute atomic E-state index is 5.88. The van der Waals surface area contributed by atoms with Crippen molar-refractivity contribution in [1.29, 1.82) is 0 Å². The quantitative estimate of drug-likeness (QED) is 0.657. The molecule has 0 aliphatic carbocycles. The van der Waals surface area contributed by atoms with Gasteiger partial charge < -0.3 is 15.8 Å². The van der Waals surface area contributed by atoms with Gasteiger partial charge in [-0.1, -0.05) is 24.3 Å². The van der Waals surface area contributed by atoms with Gasteiger partial charge in [0.2, 0.25) is 0 Å². The summed E-state index contributed by atoms with van der Waals surface area (Å²) < 4.78 is 5.88. The van der Waals surface area contributed by atoms with Crippen molar-refractivity contribution < 1.29 is 4.74 Å². The second kappa shape index (κ2) is 4.31. The minimum Gasteiger partial charge on any atom is -0.457 e. The van der Waals surface area contributed by atoms with Gasteiger partial charge in [0.05, 0.1) is 0 Å². The highest BCUT2D eigenvalue weighted by atomic mass is 32.1. The van der Waals surface area contributed by atoms with Crippen molar-refractivity contribution in [1.82, 2.24) is 0 Å². The van der Waals surface area contributed by atoms with E-state index in [2.05, 4.69) is 11.4 Å². The molecule has 3 N–H and O–H groups in total. The third-order valence-corrected chi connectivity index (χ3v) is 3.05. The highest BCUT2D eigenvalue weighted by Crippen LogP contribution is 2.39. The molecular weight excluding hydrogens is 244 g/mol. The van der Waals surface area contributed by atoms with Gasteiger partial charge in [-0.2, -0.15) is 0 Å². The van der Waals surface area contributed by atoms with Gasteiger partial charge in [-0.15, -0.1) is 0 Å². The van der Waals surface area contributed by atoms with E-state index in [-0.39, 0.29) is 5.11 Å². The Hall–Kier alpha value is -2.07. The summed E-state index contributed by atoms with van der Waals surface area (Å²) in [6.45, 7) is 0. The van der Waals surface area contributed by atoms with Crippen molar-refractivity contribution in [3.63, 3.8) is 0 Å². The Labute approximate surface area is 111 Å². The second-order valence-corrected chi connectivity index (χ2v) is 4.60. The zero-order chi connectivity index (χ0) is 12.5. The van der Waals surface area contributed by atoms with E-state index in [0.717, 1.165) is 29.2 Å². The van der Waals surface area contributed by atoms with Crippen LogP contribution >= 0.6 is 12.2 Å². The van der Waals surface area contributed by atoms with Gasteiger partial charge in [-0.25, -0.2) is 0 Å². The van der Waals surface area contributed by atoms with Gasteiger partial charge in [0.15, 0.2) is 5.11 Å². The SMILES string of the molecule is NC(=S)Nc1cccc2c1Cc1ccccc1O2. The Morgan fingerprint density at radius 2 is 1.89 bits per heavy atom. The number of rotatable bonds is 1. The fourth-order valence-corrected chi connectivity index (χ4v) is 2.26. The standard InChI is InChI=1S/C14H12N2OS/c15-14(18)16-11-5-3-7-13-10(11)8-9-4-1-2-6-12(9)17-13/h1-7H,8H2,(H3,15,16,18). The van der Waals surface area contributed by atoms with Gasteiger partial charge >= 0.3 is 0 Å². The Morgan fingerprint density at radius 3 is 2.72 bits per heavy atom. The van der Waals surface area contributed by atoms with Crippen LogP contribution < -0.4 is 15.8 Å². The lowest BCUT2D eigenvalue weighted by Gasteiger charge is -2.22. The molecule has 4 heteroatoms. The third kappa shape index (κ3) is 1.91. The molecule has 0 spiro atoms. The van der Waals surface area contributed by atoms with Crippen LogP contribution in [-0.2, 0) is 6.42 Å². The van der Waals surface area contributed by atoms with E-state index in [9.17, 15) is 0 Å². The van der Waals surface area contributed by atoms with Crippen LogP contribution in [0.2, 0.25) is 0 Å². The molecule has 2 aromatic carbocycles. The number of ether oxygens (including phenoxy) is 1. The van der Waals surface area contributed by atoms with Gasteiger partial charge in [0.1, 0.15) is 11.5 Å². The summed E-state index contributed by atoms with van der Waals surface area (Å²) in [4.78, 5) is 0. The van der Waals surface area contributed by atoms with Crippen molar-refractivity contribution in [3.8, 4) is 11.5 Å². The summed E-state index contributed by atoms with van der Waals surface area (Å²) in [6, 6.07) is 13.9. The summed E-state index contributed by atoms with van der Waals surface area (Å²) in [6.07, 6.45) is 0.817. The molecule has 0 radical (unpaired) electrons. The lowest BCUT2D eigenvalue weighted by molar-refractivity contribution is 0.460. The van der Waals surface area contributed by atoms with E-state index in [4.69, 9.17) is 22.7 Å². The van der Waals surface area contributed by atoms with E-state index in [1.54, 1.807) is 0 Å². The molecule has 0 atom stereocenters. The summed E-state index contributed by atoms with van der Waals surface area (Å²) >= 11 is 4.89. The van der Waals surface area contributed by atoms with Crippen LogP contribution in [0.3, 0.4) is 0 Å². The van der Waals surface area contributed by atoms with Crippen LogP contribution in [0.1, 0.15) is 11.1 Å². The lowest BCUT2D eigenvalue weighted by Crippen LogP contribution is -2.20. The maximum Gasteiger partial charge on any atom is 0.168 e. The summed E-state index contributed by atoms with van der Waals surface area (Å²) in [5, 5.41) is 3.26. The first-order chi connectivity index (χ1) is 8.74. The molecule has 2 aromatic rings. The lowest BCUT2D eigenvalue weighted by atomic mass is 9.99. The molecule has 0 fully saturated rings. The average molecular weight is 256 g/mol. The Balaban J connectivity index is 2.04.